The molecule has 0 radical (unpaired) electrons. The number of nitrogens with one attached hydrogen (secondary N) is 1. The fraction of sp³-hybridized carbons (Fsp3) is 0.438. The zero-order chi connectivity index (χ0) is 16.2. The second-order valence-corrected chi connectivity index (χ2v) is 6.26. The number of methoxy groups -OCH3 is 1. The number of amides is 1. The van der Waals surface area contributed by atoms with Crippen molar-refractivity contribution >= 4 is 5.91 Å². The van der Waals surface area contributed by atoms with Crippen molar-refractivity contribution in [2.45, 2.75) is 33.7 Å². The van der Waals surface area contributed by atoms with Gasteiger partial charge in [-0.25, -0.2) is 0 Å². The molecule has 0 aliphatic heterocycles. The summed E-state index contributed by atoms with van der Waals surface area (Å²) >= 11 is 0. The predicted octanol–water partition coefficient (Wildman–Crippen LogP) is 2.80. The quantitative estimate of drug-likeness (QED) is 0.919. The highest BCUT2D eigenvalue weighted by atomic mass is 16.5. The van der Waals surface area contributed by atoms with Crippen molar-refractivity contribution < 1.29 is 14.1 Å². The molecule has 22 heavy (non-hydrogen) atoms. The van der Waals surface area contributed by atoms with Crippen molar-refractivity contribution in [1.82, 2.24) is 15.5 Å². The van der Waals surface area contributed by atoms with Crippen LogP contribution in [0.3, 0.4) is 0 Å². The highest BCUT2D eigenvalue weighted by molar-refractivity contribution is 5.76. The van der Waals surface area contributed by atoms with Crippen molar-refractivity contribution in [1.29, 1.82) is 0 Å². The first kappa shape index (κ1) is 16.0. The molecule has 118 valence electrons. The minimum atomic E-state index is -0.0509. The Bertz CT molecular complexity index is 644. The topological polar surface area (TPSA) is 77.3 Å². The fourth-order valence-corrected chi connectivity index (χ4v) is 1.92. The monoisotopic (exact) mass is 303 g/mol. The molecule has 0 saturated heterocycles. The van der Waals surface area contributed by atoms with E-state index in [0.29, 0.717) is 18.1 Å². The highest BCUT2D eigenvalue weighted by Crippen LogP contribution is 2.21. The van der Waals surface area contributed by atoms with Gasteiger partial charge < -0.3 is 14.6 Å². The second-order valence-electron chi connectivity index (χ2n) is 6.26. The molecular formula is C16H21N3O3. The molecule has 0 bridgehead atoms. The number of benzene rings is 1. The number of aromatic nitrogens is 2. The Labute approximate surface area is 129 Å². The van der Waals surface area contributed by atoms with E-state index < -0.39 is 0 Å². The Kier molecular flexibility index (Phi) is 4.80. The Morgan fingerprint density at radius 2 is 2.14 bits per heavy atom. The van der Waals surface area contributed by atoms with E-state index in [-0.39, 0.29) is 17.9 Å². The molecule has 0 unspecified atom stereocenters. The third kappa shape index (κ3) is 4.58. The molecule has 0 aliphatic carbocycles. The van der Waals surface area contributed by atoms with Crippen molar-refractivity contribution in [2.24, 2.45) is 5.41 Å². The summed E-state index contributed by atoms with van der Waals surface area (Å²) in [5.74, 6) is 1.54. The van der Waals surface area contributed by atoms with Crippen LogP contribution in [0.25, 0.3) is 11.4 Å². The van der Waals surface area contributed by atoms with Gasteiger partial charge in [0, 0.05) is 12.0 Å². The lowest BCUT2D eigenvalue weighted by molar-refractivity contribution is -0.123. The van der Waals surface area contributed by atoms with Gasteiger partial charge in [0.25, 0.3) is 0 Å². The maximum Gasteiger partial charge on any atom is 0.246 e. The number of carbonyl (C=O) groups excluding carboxylic acids is 1. The molecular weight excluding hydrogens is 282 g/mol. The lowest BCUT2D eigenvalue weighted by Crippen LogP contribution is -2.27. The van der Waals surface area contributed by atoms with Crippen molar-refractivity contribution in [3.05, 3.63) is 30.2 Å². The number of nitrogens with zero attached hydrogens (tertiary/aromatic N) is 2. The molecule has 0 spiro atoms. The number of ether oxygens (including phenoxy) is 1. The molecule has 0 atom stereocenters. The van der Waals surface area contributed by atoms with E-state index in [4.69, 9.17) is 9.26 Å². The van der Waals surface area contributed by atoms with Crippen LogP contribution in [0.2, 0.25) is 0 Å². The van der Waals surface area contributed by atoms with Crippen LogP contribution in [0, 0.1) is 5.41 Å². The second kappa shape index (κ2) is 6.60. The van der Waals surface area contributed by atoms with Crippen LogP contribution < -0.4 is 10.1 Å². The van der Waals surface area contributed by atoms with E-state index in [2.05, 4.69) is 15.5 Å². The maximum atomic E-state index is 11.8. The van der Waals surface area contributed by atoms with Crippen LogP contribution in [0.4, 0.5) is 0 Å². The van der Waals surface area contributed by atoms with Gasteiger partial charge in [0.2, 0.25) is 17.6 Å². The van der Waals surface area contributed by atoms with Gasteiger partial charge in [-0.1, -0.05) is 38.1 Å². The van der Waals surface area contributed by atoms with E-state index in [1.165, 1.54) is 0 Å². The lowest BCUT2D eigenvalue weighted by Gasteiger charge is -2.16. The summed E-state index contributed by atoms with van der Waals surface area (Å²) < 4.78 is 10.3. The first-order chi connectivity index (χ1) is 10.4. The highest BCUT2D eigenvalue weighted by Gasteiger charge is 2.16. The first-order valence-electron chi connectivity index (χ1n) is 7.11. The fourth-order valence-electron chi connectivity index (χ4n) is 1.92. The molecule has 0 aliphatic rings. The molecule has 2 rings (SSSR count). The SMILES string of the molecule is COc1cccc(-c2noc(CNC(=O)CC(C)(C)C)n2)c1. The average molecular weight is 303 g/mol. The molecule has 1 aromatic carbocycles. The zero-order valence-electron chi connectivity index (χ0n) is 13.3. The van der Waals surface area contributed by atoms with Gasteiger partial charge in [-0.2, -0.15) is 4.98 Å². The van der Waals surface area contributed by atoms with Gasteiger partial charge in [0.05, 0.1) is 13.7 Å². The Balaban J connectivity index is 1.98. The molecule has 2 aromatic rings. The Morgan fingerprint density at radius 3 is 2.82 bits per heavy atom. The number of hydrogen-bond donors (Lipinski definition) is 1. The summed E-state index contributed by atoms with van der Waals surface area (Å²) in [7, 11) is 1.60. The van der Waals surface area contributed by atoms with Crippen molar-refractivity contribution in [2.75, 3.05) is 7.11 Å². The summed E-state index contributed by atoms with van der Waals surface area (Å²) in [6.07, 6.45) is 0.448. The maximum absolute atomic E-state index is 11.8. The van der Waals surface area contributed by atoms with Crippen LogP contribution in [0.15, 0.2) is 28.8 Å². The van der Waals surface area contributed by atoms with Crippen LogP contribution >= 0.6 is 0 Å². The van der Waals surface area contributed by atoms with Gasteiger partial charge in [0.1, 0.15) is 5.75 Å². The summed E-state index contributed by atoms with van der Waals surface area (Å²) in [6, 6.07) is 7.40. The van der Waals surface area contributed by atoms with Crippen LogP contribution in [0.1, 0.15) is 33.1 Å². The molecule has 1 aromatic heterocycles. The van der Waals surface area contributed by atoms with E-state index in [1.54, 1.807) is 7.11 Å². The van der Waals surface area contributed by atoms with Gasteiger partial charge in [-0.3, -0.25) is 4.79 Å². The Hall–Kier alpha value is -2.37. The van der Waals surface area contributed by atoms with Gasteiger partial charge in [-0.05, 0) is 17.5 Å². The summed E-state index contributed by atoms with van der Waals surface area (Å²) in [6.45, 7) is 6.27. The van der Waals surface area contributed by atoms with E-state index >= 15 is 0 Å². The first-order valence-corrected chi connectivity index (χ1v) is 7.11. The smallest absolute Gasteiger partial charge is 0.246 e. The number of rotatable bonds is 5. The third-order valence-electron chi connectivity index (χ3n) is 2.92. The molecule has 6 heteroatoms. The van der Waals surface area contributed by atoms with E-state index in [1.807, 2.05) is 45.0 Å². The molecule has 0 fully saturated rings. The van der Waals surface area contributed by atoms with E-state index in [9.17, 15) is 4.79 Å². The van der Waals surface area contributed by atoms with Gasteiger partial charge in [-0.15, -0.1) is 0 Å². The summed E-state index contributed by atoms with van der Waals surface area (Å²) in [5, 5.41) is 6.70. The van der Waals surface area contributed by atoms with Gasteiger partial charge >= 0.3 is 0 Å². The lowest BCUT2D eigenvalue weighted by atomic mass is 9.92. The van der Waals surface area contributed by atoms with E-state index in [0.717, 1.165) is 11.3 Å². The minimum absolute atomic E-state index is 0.0337. The molecule has 1 N–H and O–H groups in total. The zero-order valence-corrected chi connectivity index (χ0v) is 13.3. The summed E-state index contributed by atoms with van der Waals surface area (Å²) in [5.41, 5.74) is 0.750. The molecule has 6 nitrogen and oxygen atoms in total. The number of carbonyl (C=O) groups is 1. The number of hydrogen-bond acceptors (Lipinski definition) is 5. The van der Waals surface area contributed by atoms with Crippen LogP contribution in [0.5, 0.6) is 5.75 Å². The minimum Gasteiger partial charge on any atom is -0.497 e. The molecule has 1 heterocycles. The normalized spacial score (nSPS) is 11.3. The molecule has 0 saturated carbocycles. The van der Waals surface area contributed by atoms with Gasteiger partial charge in [0.15, 0.2) is 0 Å². The average Bonchev–Trinajstić information content (AvgIpc) is 2.92. The third-order valence-corrected chi connectivity index (χ3v) is 2.92. The molecule has 1 amide bonds. The van der Waals surface area contributed by atoms with Crippen LogP contribution in [-0.4, -0.2) is 23.2 Å². The van der Waals surface area contributed by atoms with Crippen molar-refractivity contribution in [3.63, 3.8) is 0 Å². The van der Waals surface area contributed by atoms with Crippen molar-refractivity contribution in [3.8, 4) is 17.1 Å². The predicted molar refractivity (Wildman–Crippen MR) is 82.2 cm³/mol. The standard InChI is InChI=1S/C16H21N3O3/c1-16(2,3)9-13(20)17-10-14-18-15(19-22-14)11-6-5-7-12(8-11)21-4/h5-8H,9-10H2,1-4H3,(H,17,20). The van der Waals surface area contributed by atoms with Crippen LogP contribution in [-0.2, 0) is 11.3 Å². The largest absolute Gasteiger partial charge is 0.497 e. The Morgan fingerprint density at radius 1 is 1.36 bits per heavy atom. The summed E-state index contributed by atoms with van der Waals surface area (Å²) in [4.78, 5) is 16.1.